The van der Waals surface area contributed by atoms with Gasteiger partial charge in [-0.15, -0.1) is 0 Å². The zero-order valence-corrected chi connectivity index (χ0v) is 11.5. The average Bonchev–Trinajstić information content (AvgIpc) is 2.85. The summed E-state index contributed by atoms with van der Waals surface area (Å²) in [6.45, 7) is 1.01. The van der Waals surface area contributed by atoms with E-state index in [2.05, 4.69) is 5.10 Å². The Kier molecular flexibility index (Phi) is 3.59. The van der Waals surface area contributed by atoms with Crippen molar-refractivity contribution in [2.75, 3.05) is 20.2 Å². The first kappa shape index (κ1) is 13.9. The number of halogens is 2. The van der Waals surface area contributed by atoms with Gasteiger partial charge in [0, 0.05) is 25.8 Å². The number of hydrogen-bond acceptors (Lipinski definition) is 3. The second-order valence-corrected chi connectivity index (χ2v) is 5.14. The largest absolute Gasteiger partial charge is 0.378 e. The highest BCUT2D eigenvalue weighted by Gasteiger charge is 2.37. The topological polar surface area (TPSA) is 45.1 Å². The van der Waals surface area contributed by atoms with Crippen LogP contribution in [-0.2, 0) is 4.74 Å². The molecule has 2 aliphatic rings. The average molecular weight is 295 g/mol. The minimum atomic E-state index is -0.660. The van der Waals surface area contributed by atoms with Crippen molar-refractivity contribution in [1.29, 1.82) is 0 Å². The molecule has 2 aliphatic heterocycles. The molecular formula is C14H15F2N3O2. The Morgan fingerprint density at radius 2 is 1.95 bits per heavy atom. The van der Waals surface area contributed by atoms with Crippen LogP contribution in [0.5, 0.6) is 0 Å². The van der Waals surface area contributed by atoms with Crippen LogP contribution in [0.2, 0.25) is 0 Å². The minimum absolute atomic E-state index is 0.0468. The monoisotopic (exact) mass is 295 g/mol. The van der Waals surface area contributed by atoms with Crippen LogP contribution in [0.4, 0.5) is 13.6 Å². The zero-order valence-electron chi connectivity index (χ0n) is 11.5. The van der Waals surface area contributed by atoms with Gasteiger partial charge in [0.15, 0.2) is 0 Å². The Morgan fingerprint density at radius 1 is 1.29 bits per heavy atom. The molecule has 1 saturated heterocycles. The number of ether oxygens (including phenoxy) is 1. The molecule has 0 bridgehead atoms. The molecule has 112 valence electrons. The fraction of sp³-hybridized carbons (Fsp3) is 0.429. The first-order valence-corrected chi connectivity index (χ1v) is 6.68. The van der Waals surface area contributed by atoms with E-state index in [0.29, 0.717) is 25.1 Å². The van der Waals surface area contributed by atoms with Gasteiger partial charge in [-0.05, 0) is 17.7 Å². The Bertz CT molecular complexity index is 567. The first-order chi connectivity index (χ1) is 10.1. The molecule has 2 heterocycles. The molecule has 1 aromatic carbocycles. The maximum atomic E-state index is 13.3. The third kappa shape index (κ3) is 2.61. The second-order valence-electron chi connectivity index (χ2n) is 5.14. The lowest BCUT2D eigenvalue weighted by Crippen LogP contribution is -2.57. The quantitative estimate of drug-likeness (QED) is 0.839. The molecule has 0 unspecified atom stereocenters. The van der Waals surface area contributed by atoms with Crippen molar-refractivity contribution in [2.24, 2.45) is 5.10 Å². The summed E-state index contributed by atoms with van der Waals surface area (Å²) in [5.41, 5.74) is 0.405. The summed E-state index contributed by atoms with van der Waals surface area (Å²) in [5.74, 6) is -1.32. The van der Waals surface area contributed by atoms with Gasteiger partial charge in [-0.3, -0.25) is 0 Å². The predicted molar refractivity (Wildman–Crippen MR) is 71.8 cm³/mol. The van der Waals surface area contributed by atoms with Crippen LogP contribution in [0.25, 0.3) is 0 Å². The van der Waals surface area contributed by atoms with Crippen LogP contribution in [-0.4, -0.2) is 48.5 Å². The number of hydrazone groups is 1. The summed E-state index contributed by atoms with van der Waals surface area (Å²) in [6.07, 6.45) is 2.07. The SMILES string of the molecule is COC1CN(C(=O)N2N=CC[C@H]2c2cc(F)cc(F)c2)C1. The van der Waals surface area contributed by atoms with Crippen LogP contribution in [0.1, 0.15) is 18.0 Å². The van der Waals surface area contributed by atoms with Gasteiger partial charge in [-0.2, -0.15) is 5.10 Å². The highest BCUT2D eigenvalue weighted by Crippen LogP contribution is 2.31. The van der Waals surface area contributed by atoms with Gasteiger partial charge in [0.2, 0.25) is 0 Å². The van der Waals surface area contributed by atoms with Crippen molar-refractivity contribution in [1.82, 2.24) is 9.91 Å². The van der Waals surface area contributed by atoms with Crippen molar-refractivity contribution in [2.45, 2.75) is 18.6 Å². The van der Waals surface area contributed by atoms with Gasteiger partial charge in [-0.25, -0.2) is 18.6 Å². The normalized spacial score (nSPS) is 21.8. The van der Waals surface area contributed by atoms with Gasteiger partial charge < -0.3 is 9.64 Å². The molecule has 0 aromatic heterocycles. The molecule has 2 amide bonds. The van der Waals surface area contributed by atoms with Crippen molar-refractivity contribution in [3.63, 3.8) is 0 Å². The number of carbonyl (C=O) groups is 1. The maximum Gasteiger partial charge on any atom is 0.341 e. The number of hydrogen-bond donors (Lipinski definition) is 0. The van der Waals surface area contributed by atoms with E-state index in [1.165, 1.54) is 17.1 Å². The Hall–Kier alpha value is -2.02. The molecule has 1 aromatic rings. The van der Waals surface area contributed by atoms with Crippen LogP contribution in [0.15, 0.2) is 23.3 Å². The molecule has 3 rings (SSSR count). The zero-order chi connectivity index (χ0) is 15.0. The van der Waals surface area contributed by atoms with Crippen molar-refractivity contribution < 1.29 is 18.3 Å². The van der Waals surface area contributed by atoms with Crippen molar-refractivity contribution >= 4 is 12.2 Å². The van der Waals surface area contributed by atoms with Crippen LogP contribution in [0, 0.1) is 11.6 Å². The Morgan fingerprint density at radius 3 is 2.57 bits per heavy atom. The molecule has 1 fully saturated rings. The van der Waals surface area contributed by atoms with Gasteiger partial charge in [0.1, 0.15) is 11.6 Å². The molecule has 7 heteroatoms. The smallest absolute Gasteiger partial charge is 0.341 e. The molecule has 0 spiro atoms. The molecular weight excluding hydrogens is 280 g/mol. The number of likely N-dealkylation sites (tertiary alicyclic amines) is 1. The Balaban J connectivity index is 1.76. The summed E-state index contributed by atoms with van der Waals surface area (Å²) in [7, 11) is 1.60. The van der Waals surface area contributed by atoms with Gasteiger partial charge in [0.05, 0.1) is 25.2 Å². The number of amides is 2. The standard InChI is InChI=1S/C14H15F2N3O2/c1-21-12-7-18(8-12)14(20)19-13(2-3-17-19)9-4-10(15)6-11(16)5-9/h3-6,12-13H,2,7-8H2,1H3/t13-/m0/s1. The van der Waals surface area contributed by atoms with Crippen molar-refractivity contribution in [3.8, 4) is 0 Å². The summed E-state index contributed by atoms with van der Waals surface area (Å²) >= 11 is 0. The highest BCUT2D eigenvalue weighted by molar-refractivity contribution is 5.79. The van der Waals surface area contributed by atoms with E-state index in [1.807, 2.05) is 0 Å². The second kappa shape index (κ2) is 5.40. The summed E-state index contributed by atoms with van der Waals surface area (Å²) in [6, 6.07) is 2.54. The maximum absolute atomic E-state index is 13.3. The fourth-order valence-electron chi connectivity index (χ4n) is 2.53. The number of benzene rings is 1. The molecule has 1 atom stereocenters. The molecule has 21 heavy (non-hydrogen) atoms. The molecule has 0 aliphatic carbocycles. The molecule has 0 saturated carbocycles. The first-order valence-electron chi connectivity index (χ1n) is 6.68. The van der Waals surface area contributed by atoms with E-state index in [0.717, 1.165) is 6.07 Å². The minimum Gasteiger partial charge on any atom is -0.378 e. The van der Waals surface area contributed by atoms with Crippen molar-refractivity contribution in [3.05, 3.63) is 35.4 Å². The number of urea groups is 1. The lowest BCUT2D eigenvalue weighted by atomic mass is 10.0. The molecule has 0 radical (unpaired) electrons. The lowest BCUT2D eigenvalue weighted by Gasteiger charge is -2.40. The predicted octanol–water partition coefficient (Wildman–Crippen LogP) is 2.15. The van der Waals surface area contributed by atoms with Gasteiger partial charge in [0.25, 0.3) is 0 Å². The third-order valence-corrected chi connectivity index (χ3v) is 3.75. The fourth-order valence-corrected chi connectivity index (χ4v) is 2.53. The molecule has 5 nitrogen and oxygen atoms in total. The Labute approximate surface area is 120 Å². The van der Waals surface area contributed by atoms with E-state index in [1.54, 1.807) is 18.2 Å². The van der Waals surface area contributed by atoms with Gasteiger partial charge >= 0.3 is 6.03 Å². The highest BCUT2D eigenvalue weighted by atomic mass is 19.1. The number of rotatable bonds is 2. The summed E-state index contributed by atoms with van der Waals surface area (Å²) in [4.78, 5) is 13.9. The van der Waals surface area contributed by atoms with Crippen LogP contribution < -0.4 is 0 Å². The number of nitrogens with zero attached hydrogens (tertiary/aromatic N) is 3. The summed E-state index contributed by atoms with van der Waals surface area (Å²) in [5, 5.41) is 5.32. The van der Waals surface area contributed by atoms with E-state index >= 15 is 0 Å². The van der Waals surface area contributed by atoms with E-state index in [9.17, 15) is 13.6 Å². The van der Waals surface area contributed by atoms with Gasteiger partial charge in [-0.1, -0.05) is 0 Å². The van der Waals surface area contributed by atoms with E-state index in [4.69, 9.17) is 4.74 Å². The number of methoxy groups -OCH3 is 1. The lowest BCUT2D eigenvalue weighted by molar-refractivity contribution is -0.0172. The molecule has 0 N–H and O–H groups in total. The third-order valence-electron chi connectivity index (χ3n) is 3.75. The summed E-state index contributed by atoms with van der Waals surface area (Å²) < 4.78 is 31.8. The number of carbonyl (C=O) groups excluding carboxylic acids is 1. The van der Waals surface area contributed by atoms with E-state index in [-0.39, 0.29) is 12.1 Å². The van der Waals surface area contributed by atoms with E-state index < -0.39 is 17.7 Å². The van der Waals surface area contributed by atoms with Crippen LogP contribution >= 0.6 is 0 Å². The van der Waals surface area contributed by atoms with Crippen LogP contribution in [0.3, 0.4) is 0 Å².